The summed E-state index contributed by atoms with van der Waals surface area (Å²) in [7, 11) is -1.08. The standard InChI is InChI=1S/C29H19BF10P/c1-15(14-41(16-8-4-2-5-9-16)17-10-6-3-7-11-17)12-13-30(18-20(31)24(35)28(39)25(36)21(18)32)19-22(33)26(37)29(40)27(38)23(19)34/h2-12,30H,13-14H2,1H3/q-1/b15-12-. The van der Waals surface area contributed by atoms with E-state index >= 15 is 0 Å². The summed E-state index contributed by atoms with van der Waals surface area (Å²) < 4.78 is 143. The van der Waals surface area contributed by atoms with Crippen LogP contribution in [0.15, 0.2) is 72.3 Å². The monoisotopic (exact) mass is 599 g/mol. The van der Waals surface area contributed by atoms with E-state index < -0.39 is 90.1 Å². The van der Waals surface area contributed by atoms with E-state index in [0.29, 0.717) is 11.7 Å². The van der Waals surface area contributed by atoms with Gasteiger partial charge in [0, 0.05) is 0 Å². The Balaban J connectivity index is 1.84. The molecule has 0 saturated heterocycles. The van der Waals surface area contributed by atoms with Gasteiger partial charge in [0.15, 0.2) is 34.9 Å². The van der Waals surface area contributed by atoms with E-state index in [2.05, 4.69) is 0 Å². The van der Waals surface area contributed by atoms with E-state index in [1.54, 1.807) is 6.92 Å². The molecule has 0 unspecified atom stereocenters. The fourth-order valence-corrected chi connectivity index (χ4v) is 7.12. The first-order valence-corrected chi connectivity index (χ1v) is 13.8. The summed E-state index contributed by atoms with van der Waals surface area (Å²) in [5, 5.41) is 1.87. The molecule has 4 rings (SSSR count). The number of allylic oxidation sites excluding steroid dienone is 2. The van der Waals surface area contributed by atoms with Crippen molar-refractivity contribution in [2.45, 2.75) is 13.2 Å². The van der Waals surface area contributed by atoms with Crippen molar-refractivity contribution >= 4 is 36.2 Å². The third-order valence-corrected chi connectivity index (χ3v) is 9.44. The lowest BCUT2D eigenvalue weighted by atomic mass is 9.38. The first-order chi connectivity index (χ1) is 19.5. The minimum absolute atomic E-state index is 0.309. The molecule has 0 amide bonds. The molecule has 0 aliphatic rings. The van der Waals surface area contributed by atoms with Gasteiger partial charge in [-0.15, -0.1) is 17.0 Å². The van der Waals surface area contributed by atoms with Gasteiger partial charge in [0.2, 0.25) is 0 Å². The Morgan fingerprint density at radius 3 is 1.20 bits per heavy atom. The lowest BCUT2D eigenvalue weighted by molar-refractivity contribution is 0.382. The molecule has 0 spiro atoms. The van der Waals surface area contributed by atoms with Crippen LogP contribution >= 0.6 is 7.92 Å². The van der Waals surface area contributed by atoms with Gasteiger partial charge in [0.05, 0.1) is 6.71 Å². The summed E-state index contributed by atoms with van der Waals surface area (Å²) >= 11 is 0. The van der Waals surface area contributed by atoms with E-state index in [9.17, 15) is 43.9 Å². The SMILES string of the molecule is C/C(=C/C[BH-](c1c(F)c(F)c(F)c(F)c1F)c1c(F)c(F)c(F)c(F)c1F)CP(c1ccccc1)c1ccccc1. The molecule has 0 bridgehead atoms. The van der Waals surface area contributed by atoms with Gasteiger partial charge in [0.1, 0.15) is 23.3 Å². The van der Waals surface area contributed by atoms with Crippen molar-refractivity contribution in [1.29, 1.82) is 0 Å². The second-order valence-electron chi connectivity index (χ2n) is 9.37. The highest BCUT2D eigenvalue weighted by atomic mass is 31.1. The molecule has 0 aromatic heterocycles. The number of halogens is 10. The van der Waals surface area contributed by atoms with Crippen molar-refractivity contribution in [3.8, 4) is 0 Å². The minimum Gasteiger partial charge on any atom is -0.207 e. The van der Waals surface area contributed by atoms with Crippen LogP contribution in [0.5, 0.6) is 0 Å². The van der Waals surface area contributed by atoms with E-state index in [-0.39, 0.29) is 0 Å². The van der Waals surface area contributed by atoms with Gasteiger partial charge < -0.3 is 0 Å². The van der Waals surface area contributed by atoms with E-state index in [1.807, 2.05) is 60.7 Å². The maximum absolute atomic E-state index is 14.8. The van der Waals surface area contributed by atoms with Crippen LogP contribution in [0.3, 0.4) is 0 Å². The molecule has 0 heterocycles. The lowest BCUT2D eigenvalue weighted by Crippen LogP contribution is -2.50. The van der Waals surface area contributed by atoms with E-state index in [4.69, 9.17) is 0 Å². The predicted molar refractivity (Wildman–Crippen MR) is 141 cm³/mol. The van der Waals surface area contributed by atoms with Gasteiger partial charge in [0.25, 0.3) is 0 Å². The predicted octanol–water partition coefficient (Wildman–Crippen LogP) is 6.50. The molecule has 0 saturated carbocycles. The molecule has 0 atom stereocenters. The summed E-state index contributed by atoms with van der Waals surface area (Å²) in [4.78, 5) is 0. The highest BCUT2D eigenvalue weighted by Crippen LogP contribution is 2.36. The zero-order valence-electron chi connectivity index (χ0n) is 21.2. The molecule has 0 N–H and O–H groups in total. The Morgan fingerprint density at radius 1 is 0.537 bits per heavy atom. The summed E-state index contributed by atoms with van der Waals surface area (Å²) in [5.41, 5.74) is -2.78. The first kappa shape index (κ1) is 30.4. The molecule has 0 nitrogen and oxygen atoms in total. The van der Waals surface area contributed by atoms with Crippen molar-refractivity contribution in [1.82, 2.24) is 0 Å². The molecular formula is C29H19BF10P-. The molecule has 4 aromatic carbocycles. The molecule has 0 radical (unpaired) electrons. The highest BCUT2D eigenvalue weighted by molar-refractivity contribution is 7.73. The van der Waals surface area contributed by atoms with Crippen molar-refractivity contribution in [3.63, 3.8) is 0 Å². The second-order valence-corrected chi connectivity index (χ2v) is 11.6. The Morgan fingerprint density at radius 2 is 0.854 bits per heavy atom. The van der Waals surface area contributed by atoms with Gasteiger partial charge >= 0.3 is 0 Å². The fourth-order valence-electron chi connectivity index (χ4n) is 4.77. The minimum atomic E-state index is -3.61. The van der Waals surface area contributed by atoms with Crippen molar-refractivity contribution in [3.05, 3.63) is 130 Å². The molecule has 0 aliphatic heterocycles. The Labute approximate surface area is 230 Å². The van der Waals surface area contributed by atoms with Crippen LogP contribution in [0, 0.1) is 58.2 Å². The average molecular weight is 599 g/mol. The highest BCUT2D eigenvalue weighted by Gasteiger charge is 2.32. The maximum Gasteiger partial charge on any atom is 0.200 e. The molecule has 0 fully saturated rings. The Hall–Kier alpha value is -3.59. The van der Waals surface area contributed by atoms with Crippen LogP contribution in [-0.4, -0.2) is 12.9 Å². The fraction of sp³-hybridized carbons (Fsp3) is 0.103. The zero-order chi connectivity index (χ0) is 30.0. The van der Waals surface area contributed by atoms with Gasteiger partial charge in [-0.2, -0.15) is 6.32 Å². The average Bonchev–Trinajstić information content (AvgIpc) is 2.99. The largest absolute Gasteiger partial charge is 0.207 e. The van der Waals surface area contributed by atoms with Crippen molar-refractivity contribution in [2.75, 3.05) is 6.16 Å². The zero-order valence-corrected chi connectivity index (χ0v) is 22.1. The van der Waals surface area contributed by atoms with Crippen LogP contribution in [0.2, 0.25) is 6.32 Å². The third kappa shape index (κ3) is 5.91. The number of hydrogen-bond donors (Lipinski definition) is 0. The summed E-state index contributed by atoms with van der Waals surface area (Å²) in [6.07, 6.45) is 0.802. The molecule has 0 aliphatic carbocycles. The normalized spacial score (nSPS) is 12.1. The van der Waals surface area contributed by atoms with Gasteiger partial charge in [-0.25, -0.2) is 43.9 Å². The first-order valence-electron chi connectivity index (χ1n) is 12.2. The van der Waals surface area contributed by atoms with Crippen molar-refractivity contribution in [2.24, 2.45) is 0 Å². The number of hydrogen-bond acceptors (Lipinski definition) is 0. The van der Waals surface area contributed by atoms with E-state index in [1.165, 1.54) is 6.08 Å². The molecule has 214 valence electrons. The number of benzene rings is 4. The van der Waals surface area contributed by atoms with Gasteiger partial charge in [-0.05, 0) is 31.6 Å². The lowest BCUT2D eigenvalue weighted by Gasteiger charge is -2.27. The molecule has 41 heavy (non-hydrogen) atoms. The molecule has 4 aromatic rings. The van der Waals surface area contributed by atoms with Gasteiger partial charge in [-0.1, -0.05) is 66.2 Å². The number of rotatable bonds is 8. The quantitative estimate of drug-likeness (QED) is 0.0543. The van der Waals surface area contributed by atoms with Crippen molar-refractivity contribution < 1.29 is 43.9 Å². The van der Waals surface area contributed by atoms with Crippen LogP contribution < -0.4 is 21.5 Å². The topological polar surface area (TPSA) is 0 Å². The summed E-state index contributed by atoms with van der Waals surface area (Å²) in [6, 6.07) is 18.4. The summed E-state index contributed by atoms with van der Waals surface area (Å²) in [5.74, 6) is -24.3. The smallest absolute Gasteiger partial charge is 0.200 e. The van der Waals surface area contributed by atoms with Crippen LogP contribution in [-0.2, 0) is 0 Å². The summed E-state index contributed by atoms with van der Waals surface area (Å²) in [6.45, 7) is -2.03. The third-order valence-electron chi connectivity index (χ3n) is 6.78. The van der Waals surface area contributed by atoms with E-state index in [0.717, 1.165) is 10.6 Å². The van der Waals surface area contributed by atoms with Crippen LogP contribution in [0.1, 0.15) is 6.92 Å². The van der Waals surface area contributed by atoms with Crippen LogP contribution in [0.4, 0.5) is 43.9 Å². The Bertz CT molecular complexity index is 1440. The maximum atomic E-state index is 14.8. The van der Waals surface area contributed by atoms with Crippen LogP contribution in [0.25, 0.3) is 0 Å². The molecular weight excluding hydrogens is 580 g/mol. The molecule has 12 heteroatoms. The second kappa shape index (κ2) is 12.5. The Kier molecular flexibility index (Phi) is 9.27. The van der Waals surface area contributed by atoms with Gasteiger partial charge in [-0.3, -0.25) is 0 Å².